The molecule has 19 heavy (non-hydrogen) atoms. The minimum Gasteiger partial charge on any atom is -0.227 e. The highest BCUT2D eigenvalue weighted by Gasteiger charge is 2.15. The van der Waals surface area contributed by atoms with Gasteiger partial charge in [-0.15, -0.1) is 10.2 Å². The number of aromatic amines is 1. The molecule has 3 rings (SSSR count). The van der Waals surface area contributed by atoms with Crippen LogP contribution in [0.1, 0.15) is 0 Å². The molecule has 0 aliphatic rings. The maximum Gasteiger partial charge on any atom is 0.208 e. The zero-order valence-corrected chi connectivity index (χ0v) is 12.8. The van der Waals surface area contributed by atoms with Gasteiger partial charge < -0.3 is 0 Å². The van der Waals surface area contributed by atoms with Crippen LogP contribution in [0.2, 0.25) is 10.0 Å². The van der Waals surface area contributed by atoms with E-state index in [9.17, 15) is 0 Å². The number of aromatic nitrogens is 6. The molecule has 0 fully saturated rings. The number of tetrazole rings is 1. The third-order valence-corrected chi connectivity index (χ3v) is 3.86. The maximum atomic E-state index is 5.99. The van der Waals surface area contributed by atoms with Crippen LogP contribution >= 0.6 is 45.8 Å². The number of hydrogen-bond acceptors (Lipinski definition) is 4. The monoisotopic (exact) mass is 406 g/mol. The van der Waals surface area contributed by atoms with Crippen LogP contribution in [0.25, 0.3) is 17.1 Å². The van der Waals surface area contributed by atoms with Crippen LogP contribution < -0.4 is 0 Å². The standard InChI is InChI=1S/C10H5Cl2IN6/c11-5-1-6(12)3-7(2-5)19-9(13)8(4-14-19)10-15-17-18-16-10/h1-4H,(H,15,16,17,18). The van der Waals surface area contributed by atoms with Crippen molar-refractivity contribution in [2.45, 2.75) is 0 Å². The number of benzene rings is 1. The molecule has 0 bridgehead atoms. The molecule has 3 aromatic rings. The SMILES string of the molecule is Clc1cc(Cl)cc(-n2ncc(-c3nn[nH]n3)c2I)c1. The van der Waals surface area contributed by atoms with Gasteiger partial charge in [-0.2, -0.15) is 10.3 Å². The van der Waals surface area contributed by atoms with Gasteiger partial charge in [-0.05, 0) is 46.0 Å². The van der Waals surface area contributed by atoms with Gasteiger partial charge in [-0.25, -0.2) is 4.68 Å². The quantitative estimate of drug-likeness (QED) is 0.664. The molecule has 0 saturated heterocycles. The molecule has 2 aromatic heterocycles. The van der Waals surface area contributed by atoms with Gasteiger partial charge in [0, 0.05) is 10.0 Å². The predicted molar refractivity (Wildman–Crippen MR) is 79.5 cm³/mol. The topological polar surface area (TPSA) is 72.3 Å². The third kappa shape index (κ3) is 2.45. The number of H-pyrrole nitrogens is 1. The van der Waals surface area contributed by atoms with Crippen molar-refractivity contribution in [2.24, 2.45) is 0 Å². The van der Waals surface area contributed by atoms with Crippen LogP contribution in [0.5, 0.6) is 0 Å². The van der Waals surface area contributed by atoms with Gasteiger partial charge in [0.05, 0.1) is 17.4 Å². The zero-order valence-electron chi connectivity index (χ0n) is 9.18. The first kappa shape index (κ1) is 12.8. The Bertz CT molecular complexity index is 703. The molecule has 0 unspecified atom stereocenters. The lowest BCUT2D eigenvalue weighted by atomic mass is 10.3. The van der Waals surface area contributed by atoms with Crippen LogP contribution in [-0.2, 0) is 0 Å². The molecule has 6 nitrogen and oxygen atoms in total. The molecule has 96 valence electrons. The lowest BCUT2D eigenvalue weighted by molar-refractivity contribution is 0.859. The van der Waals surface area contributed by atoms with Gasteiger partial charge in [-0.1, -0.05) is 23.2 Å². The summed E-state index contributed by atoms with van der Waals surface area (Å²) in [5.41, 5.74) is 1.56. The summed E-state index contributed by atoms with van der Waals surface area (Å²) in [4.78, 5) is 0. The Morgan fingerprint density at radius 2 is 1.89 bits per heavy atom. The second-order valence-electron chi connectivity index (χ2n) is 3.62. The molecule has 0 amide bonds. The lowest BCUT2D eigenvalue weighted by Crippen LogP contribution is -1.99. The molecule has 0 atom stereocenters. The second-order valence-corrected chi connectivity index (χ2v) is 5.52. The number of hydrogen-bond donors (Lipinski definition) is 1. The fraction of sp³-hybridized carbons (Fsp3) is 0. The number of halogens is 3. The van der Waals surface area contributed by atoms with E-state index in [0.29, 0.717) is 15.9 Å². The molecule has 1 N–H and O–H groups in total. The van der Waals surface area contributed by atoms with Crippen LogP contribution in [0.15, 0.2) is 24.4 Å². The van der Waals surface area contributed by atoms with E-state index in [2.05, 4.69) is 48.3 Å². The molecule has 0 saturated carbocycles. The summed E-state index contributed by atoms with van der Waals surface area (Å²) in [6.45, 7) is 0. The summed E-state index contributed by atoms with van der Waals surface area (Å²) < 4.78 is 2.56. The van der Waals surface area contributed by atoms with E-state index in [4.69, 9.17) is 23.2 Å². The summed E-state index contributed by atoms with van der Waals surface area (Å²) in [6, 6.07) is 5.23. The minimum atomic E-state index is 0.490. The Labute approximate surface area is 131 Å². The fourth-order valence-electron chi connectivity index (χ4n) is 1.60. The van der Waals surface area contributed by atoms with E-state index in [-0.39, 0.29) is 0 Å². The number of nitrogens with zero attached hydrogens (tertiary/aromatic N) is 5. The second kappa shape index (κ2) is 5.06. The van der Waals surface area contributed by atoms with Gasteiger partial charge in [0.25, 0.3) is 0 Å². The number of nitrogens with one attached hydrogen (secondary N) is 1. The molecule has 2 heterocycles. The molecule has 0 spiro atoms. The highest BCUT2D eigenvalue weighted by atomic mass is 127. The van der Waals surface area contributed by atoms with Crippen LogP contribution in [0, 0.1) is 3.70 Å². The molecule has 0 radical (unpaired) electrons. The first-order valence-electron chi connectivity index (χ1n) is 5.09. The molecule has 0 aliphatic carbocycles. The summed E-state index contributed by atoms with van der Waals surface area (Å²) in [6.07, 6.45) is 1.67. The van der Waals surface area contributed by atoms with E-state index in [0.717, 1.165) is 15.0 Å². The lowest BCUT2D eigenvalue weighted by Gasteiger charge is -2.05. The normalized spacial score (nSPS) is 10.9. The Morgan fingerprint density at radius 3 is 2.53 bits per heavy atom. The Morgan fingerprint density at radius 1 is 1.16 bits per heavy atom. The summed E-state index contributed by atoms with van der Waals surface area (Å²) in [5.74, 6) is 0.490. The summed E-state index contributed by atoms with van der Waals surface area (Å²) >= 11 is 14.1. The van der Waals surface area contributed by atoms with E-state index in [1.54, 1.807) is 29.1 Å². The van der Waals surface area contributed by atoms with Crippen molar-refractivity contribution in [2.75, 3.05) is 0 Å². The first-order chi connectivity index (χ1) is 9.15. The Balaban J connectivity index is 2.12. The first-order valence-corrected chi connectivity index (χ1v) is 6.92. The van der Waals surface area contributed by atoms with Gasteiger partial charge >= 0.3 is 0 Å². The van der Waals surface area contributed by atoms with E-state index < -0.39 is 0 Å². The van der Waals surface area contributed by atoms with Crippen LogP contribution in [-0.4, -0.2) is 30.4 Å². The smallest absolute Gasteiger partial charge is 0.208 e. The van der Waals surface area contributed by atoms with Gasteiger partial charge in [0.15, 0.2) is 0 Å². The third-order valence-electron chi connectivity index (χ3n) is 2.39. The van der Waals surface area contributed by atoms with E-state index in [1.807, 2.05) is 0 Å². The van der Waals surface area contributed by atoms with Gasteiger partial charge in [0.2, 0.25) is 5.82 Å². The van der Waals surface area contributed by atoms with Crippen LogP contribution in [0.4, 0.5) is 0 Å². The highest BCUT2D eigenvalue weighted by molar-refractivity contribution is 14.1. The fourth-order valence-corrected chi connectivity index (χ4v) is 2.90. The van der Waals surface area contributed by atoms with Crippen molar-refractivity contribution in [1.29, 1.82) is 0 Å². The summed E-state index contributed by atoms with van der Waals surface area (Å²) in [7, 11) is 0. The maximum absolute atomic E-state index is 5.99. The van der Waals surface area contributed by atoms with E-state index >= 15 is 0 Å². The molecule has 9 heteroatoms. The van der Waals surface area contributed by atoms with Crippen molar-refractivity contribution < 1.29 is 0 Å². The van der Waals surface area contributed by atoms with Crippen LogP contribution in [0.3, 0.4) is 0 Å². The Kier molecular flexibility index (Phi) is 3.42. The Hall–Kier alpha value is -1.19. The zero-order chi connectivity index (χ0) is 13.4. The van der Waals surface area contributed by atoms with Gasteiger partial charge in [0.1, 0.15) is 3.70 Å². The van der Waals surface area contributed by atoms with Crippen molar-refractivity contribution in [3.05, 3.63) is 38.1 Å². The van der Waals surface area contributed by atoms with Crippen molar-refractivity contribution in [1.82, 2.24) is 30.4 Å². The van der Waals surface area contributed by atoms with Gasteiger partial charge in [-0.3, -0.25) is 0 Å². The van der Waals surface area contributed by atoms with E-state index in [1.165, 1.54) is 0 Å². The van der Waals surface area contributed by atoms with Crippen molar-refractivity contribution in [3.8, 4) is 17.1 Å². The minimum absolute atomic E-state index is 0.490. The average Bonchev–Trinajstić information content (AvgIpc) is 2.96. The van der Waals surface area contributed by atoms with Crippen molar-refractivity contribution >= 4 is 45.8 Å². The number of rotatable bonds is 2. The molecule has 1 aromatic carbocycles. The molecular weight excluding hydrogens is 402 g/mol. The van der Waals surface area contributed by atoms with Crippen molar-refractivity contribution in [3.63, 3.8) is 0 Å². The average molecular weight is 407 g/mol. The highest BCUT2D eigenvalue weighted by Crippen LogP contribution is 2.27. The summed E-state index contributed by atoms with van der Waals surface area (Å²) in [5, 5.41) is 19.2. The molecule has 0 aliphatic heterocycles. The predicted octanol–water partition coefficient (Wildman–Crippen LogP) is 2.96. The largest absolute Gasteiger partial charge is 0.227 e. The molecular formula is C10H5Cl2IN6.